The highest BCUT2D eigenvalue weighted by molar-refractivity contribution is 5.71. The van der Waals surface area contributed by atoms with Gasteiger partial charge in [0, 0.05) is 19.3 Å². The van der Waals surface area contributed by atoms with Crippen LogP contribution >= 0.6 is 0 Å². The Morgan fingerprint density at radius 2 is 0.520 bits per heavy atom. The summed E-state index contributed by atoms with van der Waals surface area (Å²) in [5.74, 6) is -0.896. The van der Waals surface area contributed by atoms with E-state index < -0.39 is 6.10 Å². The van der Waals surface area contributed by atoms with Crippen LogP contribution in [0.5, 0.6) is 0 Å². The number of rotatable bonds is 58. The lowest BCUT2D eigenvalue weighted by Crippen LogP contribution is -2.30. The van der Waals surface area contributed by atoms with E-state index in [1.807, 2.05) is 0 Å². The van der Waals surface area contributed by atoms with Gasteiger partial charge in [-0.15, -0.1) is 0 Å². The number of allylic oxidation sites excluding steroid dienone is 14. The Bertz CT molecular complexity index is 1430. The van der Waals surface area contributed by atoms with Crippen LogP contribution in [0.2, 0.25) is 0 Å². The largest absolute Gasteiger partial charge is 0.462 e. The fourth-order valence-corrected chi connectivity index (χ4v) is 9.09. The zero-order valence-corrected chi connectivity index (χ0v) is 49.6. The van der Waals surface area contributed by atoms with E-state index in [4.69, 9.17) is 14.2 Å². The summed E-state index contributed by atoms with van der Waals surface area (Å²) in [7, 11) is 0. The molecule has 0 aliphatic rings. The molecule has 0 heterocycles. The molecule has 0 bridgehead atoms. The van der Waals surface area contributed by atoms with E-state index >= 15 is 0 Å². The highest BCUT2D eigenvalue weighted by atomic mass is 16.6. The molecule has 6 heteroatoms. The van der Waals surface area contributed by atoms with Crippen LogP contribution in [0.25, 0.3) is 0 Å². The quantitative estimate of drug-likeness (QED) is 0.0261. The minimum Gasteiger partial charge on any atom is -0.462 e. The molecular formula is C69H120O6. The Morgan fingerprint density at radius 3 is 0.840 bits per heavy atom. The van der Waals surface area contributed by atoms with Crippen LogP contribution in [0.1, 0.15) is 316 Å². The fourth-order valence-electron chi connectivity index (χ4n) is 9.09. The number of hydrogen-bond acceptors (Lipinski definition) is 6. The molecule has 0 radical (unpaired) electrons. The Hall–Kier alpha value is -3.41. The molecule has 0 saturated heterocycles. The monoisotopic (exact) mass is 1040 g/mol. The first kappa shape index (κ1) is 71.6. The first-order valence-electron chi connectivity index (χ1n) is 32.1. The van der Waals surface area contributed by atoms with Crippen LogP contribution in [0.4, 0.5) is 0 Å². The Labute approximate surface area is 465 Å². The molecule has 0 amide bonds. The van der Waals surface area contributed by atoms with Crippen molar-refractivity contribution in [2.24, 2.45) is 0 Å². The summed E-state index contributed by atoms with van der Waals surface area (Å²) >= 11 is 0. The second-order valence-electron chi connectivity index (χ2n) is 21.3. The second kappa shape index (κ2) is 63.1. The van der Waals surface area contributed by atoms with Crippen molar-refractivity contribution in [3.63, 3.8) is 0 Å². The summed E-state index contributed by atoms with van der Waals surface area (Å²) in [6.45, 7) is 6.52. The van der Waals surface area contributed by atoms with E-state index in [9.17, 15) is 14.4 Å². The summed E-state index contributed by atoms with van der Waals surface area (Å²) in [4.78, 5) is 38.4. The van der Waals surface area contributed by atoms with E-state index in [0.29, 0.717) is 19.3 Å². The standard InChI is InChI=1S/C69H120O6/c1-4-7-10-13-16-19-22-25-28-31-33-34-36-38-41-44-47-50-53-56-59-62-68(71)74-65-66(64-73-67(70)61-58-55-52-49-46-43-40-37-30-27-24-21-18-15-12-9-6-3)75-69(72)63-60-57-54-51-48-45-42-39-35-32-29-26-23-20-17-14-11-8-5-2/h7,10,16,18-19,21,25,27-28,30,33-34,38,41,66H,4-6,8-9,11-15,17,20,22-24,26,29,31-32,35-37,39-40,42-65H2,1-3H3/b10-7-,19-16-,21-18-,28-25-,30-27-,34-33-,41-38-. The lowest BCUT2D eigenvalue weighted by Gasteiger charge is -2.18. The van der Waals surface area contributed by atoms with Gasteiger partial charge in [0.15, 0.2) is 6.10 Å². The lowest BCUT2D eigenvalue weighted by molar-refractivity contribution is -0.167. The number of ether oxygens (including phenoxy) is 3. The first-order chi connectivity index (χ1) is 37.0. The molecule has 0 aromatic rings. The van der Waals surface area contributed by atoms with Gasteiger partial charge in [-0.05, 0) is 96.3 Å². The maximum Gasteiger partial charge on any atom is 0.306 e. The number of hydrogen-bond donors (Lipinski definition) is 0. The average molecular weight is 1050 g/mol. The van der Waals surface area contributed by atoms with Crippen LogP contribution in [0.15, 0.2) is 85.1 Å². The van der Waals surface area contributed by atoms with Crippen molar-refractivity contribution in [1.82, 2.24) is 0 Å². The highest BCUT2D eigenvalue weighted by Gasteiger charge is 2.19. The zero-order valence-electron chi connectivity index (χ0n) is 49.6. The Morgan fingerprint density at radius 1 is 0.280 bits per heavy atom. The van der Waals surface area contributed by atoms with Crippen molar-refractivity contribution in [2.75, 3.05) is 13.2 Å². The molecule has 1 atom stereocenters. The predicted molar refractivity (Wildman–Crippen MR) is 325 cm³/mol. The van der Waals surface area contributed by atoms with Gasteiger partial charge in [0.1, 0.15) is 13.2 Å². The van der Waals surface area contributed by atoms with Crippen LogP contribution in [0, 0.1) is 0 Å². The zero-order chi connectivity index (χ0) is 54.3. The van der Waals surface area contributed by atoms with E-state index in [-0.39, 0.29) is 31.1 Å². The van der Waals surface area contributed by atoms with Gasteiger partial charge in [-0.3, -0.25) is 14.4 Å². The van der Waals surface area contributed by atoms with Gasteiger partial charge in [0.05, 0.1) is 0 Å². The average Bonchev–Trinajstić information content (AvgIpc) is 3.41. The molecule has 0 aromatic carbocycles. The molecule has 0 fully saturated rings. The van der Waals surface area contributed by atoms with Gasteiger partial charge in [-0.25, -0.2) is 0 Å². The smallest absolute Gasteiger partial charge is 0.306 e. The summed E-state index contributed by atoms with van der Waals surface area (Å²) < 4.78 is 16.9. The third kappa shape index (κ3) is 61.3. The predicted octanol–water partition coefficient (Wildman–Crippen LogP) is 21.9. The van der Waals surface area contributed by atoms with E-state index in [0.717, 1.165) is 122 Å². The minimum absolute atomic E-state index is 0.0847. The van der Waals surface area contributed by atoms with Gasteiger partial charge >= 0.3 is 17.9 Å². The third-order valence-corrected chi connectivity index (χ3v) is 13.9. The summed E-state index contributed by atoms with van der Waals surface area (Å²) in [5, 5.41) is 0. The maximum atomic E-state index is 12.9. The van der Waals surface area contributed by atoms with Gasteiger partial charge in [0.25, 0.3) is 0 Å². The third-order valence-electron chi connectivity index (χ3n) is 13.9. The van der Waals surface area contributed by atoms with E-state index in [2.05, 4.69) is 106 Å². The van der Waals surface area contributed by atoms with Crippen LogP contribution in [-0.4, -0.2) is 37.2 Å². The van der Waals surface area contributed by atoms with Crippen molar-refractivity contribution in [3.8, 4) is 0 Å². The van der Waals surface area contributed by atoms with Crippen LogP contribution in [-0.2, 0) is 28.6 Å². The van der Waals surface area contributed by atoms with Crippen LogP contribution in [0.3, 0.4) is 0 Å². The van der Waals surface area contributed by atoms with Gasteiger partial charge < -0.3 is 14.2 Å². The van der Waals surface area contributed by atoms with Crippen LogP contribution < -0.4 is 0 Å². The molecule has 75 heavy (non-hydrogen) atoms. The molecule has 0 rings (SSSR count). The van der Waals surface area contributed by atoms with E-state index in [1.54, 1.807) is 0 Å². The molecule has 1 unspecified atom stereocenters. The molecule has 0 spiro atoms. The number of carbonyl (C=O) groups excluding carboxylic acids is 3. The van der Waals surface area contributed by atoms with Crippen molar-refractivity contribution < 1.29 is 28.6 Å². The number of esters is 3. The maximum absolute atomic E-state index is 12.9. The van der Waals surface area contributed by atoms with Crippen molar-refractivity contribution in [1.29, 1.82) is 0 Å². The number of unbranched alkanes of at least 4 members (excludes halogenated alkanes) is 33. The Kier molecular flexibility index (Phi) is 60.3. The second-order valence-corrected chi connectivity index (χ2v) is 21.3. The van der Waals surface area contributed by atoms with Gasteiger partial charge in [-0.1, -0.05) is 286 Å². The molecule has 432 valence electrons. The molecule has 6 nitrogen and oxygen atoms in total. The van der Waals surface area contributed by atoms with Gasteiger partial charge in [0.2, 0.25) is 0 Å². The normalized spacial score (nSPS) is 12.6. The SMILES string of the molecule is CC/C=C\C/C=C\C/C=C\C/C=C\C/C=C\CCCCCCCC(=O)OCC(COC(=O)CCCCCCCCC/C=C\C/C=C\CCCCC)OC(=O)CCCCCCCCCCCCCCCCCCCCC. The van der Waals surface area contributed by atoms with Crippen molar-refractivity contribution in [2.45, 2.75) is 322 Å². The topological polar surface area (TPSA) is 78.9 Å². The van der Waals surface area contributed by atoms with Crippen molar-refractivity contribution >= 4 is 17.9 Å². The molecule has 0 saturated carbocycles. The molecule has 0 N–H and O–H groups in total. The highest BCUT2D eigenvalue weighted by Crippen LogP contribution is 2.17. The lowest BCUT2D eigenvalue weighted by atomic mass is 10.0. The van der Waals surface area contributed by atoms with Gasteiger partial charge in [-0.2, -0.15) is 0 Å². The molecule has 0 aliphatic heterocycles. The minimum atomic E-state index is -0.788. The first-order valence-corrected chi connectivity index (χ1v) is 32.1. The van der Waals surface area contributed by atoms with Crippen molar-refractivity contribution in [3.05, 3.63) is 85.1 Å². The fraction of sp³-hybridized carbons (Fsp3) is 0.754. The number of carbonyl (C=O) groups is 3. The summed E-state index contributed by atoms with van der Waals surface area (Å²) in [5.41, 5.74) is 0. The Balaban J connectivity index is 4.41. The molecule has 0 aromatic heterocycles. The summed E-state index contributed by atoms with van der Waals surface area (Å²) in [6, 6.07) is 0. The summed E-state index contributed by atoms with van der Waals surface area (Å²) in [6.07, 6.45) is 82.9. The van der Waals surface area contributed by atoms with E-state index in [1.165, 1.54) is 154 Å². The molecular weight excluding hydrogens is 925 g/mol. The molecule has 0 aliphatic carbocycles.